The predicted octanol–water partition coefficient (Wildman–Crippen LogP) is 3.23. The molecule has 19 heavy (non-hydrogen) atoms. The molecule has 1 aromatic heterocycles. The molecule has 100 valence electrons. The molecule has 1 N–H and O–H groups in total. The van der Waals surface area contributed by atoms with Gasteiger partial charge in [0.2, 0.25) is 0 Å². The molecule has 0 aliphatic carbocycles. The van der Waals surface area contributed by atoms with Gasteiger partial charge in [-0.2, -0.15) is 0 Å². The molecular formula is C15H15F2NO. The lowest BCUT2D eigenvalue weighted by Crippen LogP contribution is -2.27. The van der Waals surface area contributed by atoms with Crippen LogP contribution in [0.15, 0.2) is 30.5 Å². The van der Waals surface area contributed by atoms with Crippen LogP contribution in [0.3, 0.4) is 0 Å². The van der Waals surface area contributed by atoms with Crippen LogP contribution in [0.1, 0.15) is 29.3 Å². The van der Waals surface area contributed by atoms with Crippen molar-refractivity contribution in [3.05, 3.63) is 64.5 Å². The lowest BCUT2D eigenvalue weighted by Gasteiger charge is -2.26. The largest absolute Gasteiger partial charge is 0.379 e. The minimum absolute atomic E-state index is 0.164. The summed E-state index contributed by atoms with van der Waals surface area (Å²) < 4.78 is 27.0. The van der Waals surface area contributed by atoms with E-state index in [0.29, 0.717) is 5.56 Å². The Morgan fingerprint density at radius 3 is 2.37 bits per heavy atom. The van der Waals surface area contributed by atoms with Crippen molar-refractivity contribution in [1.29, 1.82) is 0 Å². The first-order chi connectivity index (χ1) is 8.82. The maximum atomic E-state index is 14.1. The Bertz CT molecular complexity index is 583. The first-order valence-corrected chi connectivity index (χ1v) is 5.94. The van der Waals surface area contributed by atoms with Gasteiger partial charge in [-0.1, -0.05) is 6.07 Å². The third kappa shape index (κ3) is 2.49. The number of nitrogens with zero attached hydrogens (tertiary/aromatic N) is 1. The summed E-state index contributed by atoms with van der Waals surface area (Å²) in [7, 11) is 0. The van der Waals surface area contributed by atoms with E-state index in [0.717, 1.165) is 11.8 Å². The van der Waals surface area contributed by atoms with Crippen molar-refractivity contribution in [2.75, 3.05) is 0 Å². The minimum atomic E-state index is -1.60. The second kappa shape index (κ2) is 4.70. The van der Waals surface area contributed by atoms with Crippen LogP contribution in [0, 0.1) is 25.5 Å². The zero-order valence-corrected chi connectivity index (χ0v) is 11.0. The zero-order chi connectivity index (χ0) is 14.2. The maximum absolute atomic E-state index is 14.1. The monoisotopic (exact) mass is 263 g/mol. The summed E-state index contributed by atoms with van der Waals surface area (Å²) in [5.74, 6) is -0.991. The number of rotatable bonds is 2. The Balaban J connectivity index is 2.59. The molecule has 0 saturated heterocycles. The first kappa shape index (κ1) is 13.6. The molecule has 1 unspecified atom stereocenters. The molecule has 0 radical (unpaired) electrons. The van der Waals surface area contributed by atoms with E-state index in [1.54, 1.807) is 19.9 Å². The molecule has 0 amide bonds. The molecule has 0 fully saturated rings. The van der Waals surface area contributed by atoms with E-state index in [1.807, 2.05) is 0 Å². The van der Waals surface area contributed by atoms with E-state index in [-0.39, 0.29) is 11.3 Å². The maximum Gasteiger partial charge on any atom is 0.141 e. The van der Waals surface area contributed by atoms with E-state index in [2.05, 4.69) is 4.98 Å². The third-order valence-electron chi connectivity index (χ3n) is 3.14. The average Bonchev–Trinajstić information content (AvgIpc) is 2.27. The highest BCUT2D eigenvalue weighted by molar-refractivity contribution is 5.40. The Labute approximate surface area is 110 Å². The van der Waals surface area contributed by atoms with Crippen LogP contribution in [0.25, 0.3) is 0 Å². The number of aryl methyl sites for hydroxylation is 2. The van der Waals surface area contributed by atoms with Crippen molar-refractivity contribution >= 4 is 0 Å². The summed E-state index contributed by atoms with van der Waals surface area (Å²) in [5.41, 5.74) is 0.183. The second-order valence-corrected chi connectivity index (χ2v) is 4.87. The highest BCUT2D eigenvalue weighted by Crippen LogP contribution is 2.32. The van der Waals surface area contributed by atoms with Crippen LogP contribution in [0.5, 0.6) is 0 Å². The topological polar surface area (TPSA) is 33.1 Å². The van der Waals surface area contributed by atoms with Gasteiger partial charge in [-0.25, -0.2) is 8.78 Å². The third-order valence-corrected chi connectivity index (χ3v) is 3.14. The van der Waals surface area contributed by atoms with Crippen molar-refractivity contribution in [3.63, 3.8) is 0 Å². The van der Waals surface area contributed by atoms with E-state index < -0.39 is 17.2 Å². The summed E-state index contributed by atoms with van der Waals surface area (Å²) >= 11 is 0. The number of halogens is 2. The Morgan fingerprint density at radius 2 is 1.84 bits per heavy atom. The van der Waals surface area contributed by atoms with Gasteiger partial charge in [0, 0.05) is 5.56 Å². The fourth-order valence-corrected chi connectivity index (χ4v) is 2.32. The minimum Gasteiger partial charge on any atom is -0.379 e. The number of benzene rings is 1. The standard InChI is InChI=1S/C15H15F2NO/c1-9-6-10(2)14(12(17)7-9)15(3,19)13-5-4-11(16)8-18-13/h4-8,19H,1-3H3. The number of aromatic nitrogens is 1. The second-order valence-electron chi connectivity index (χ2n) is 4.87. The van der Waals surface area contributed by atoms with Crippen LogP contribution in [-0.2, 0) is 5.60 Å². The molecule has 0 spiro atoms. The van der Waals surface area contributed by atoms with Crippen molar-refractivity contribution in [2.24, 2.45) is 0 Å². The average molecular weight is 263 g/mol. The van der Waals surface area contributed by atoms with Crippen molar-refractivity contribution in [3.8, 4) is 0 Å². The van der Waals surface area contributed by atoms with Gasteiger partial charge >= 0.3 is 0 Å². The van der Waals surface area contributed by atoms with Crippen LogP contribution in [0.2, 0.25) is 0 Å². The van der Waals surface area contributed by atoms with Gasteiger partial charge in [0.1, 0.15) is 17.2 Å². The number of pyridine rings is 1. The summed E-state index contributed by atoms with van der Waals surface area (Å²) in [6.45, 7) is 4.96. The molecule has 4 heteroatoms. The lowest BCUT2D eigenvalue weighted by molar-refractivity contribution is 0.0923. The highest BCUT2D eigenvalue weighted by atomic mass is 19.1. The van der Waals surface area contributed by atoms with E-state index >= 15 is 0 Å². The zero-order valence-electron chi connectivity index (χ0n) is 11.0. The highest BCUT2D eigenvalue weighted by Gasteiger charge is 2.32. The van der Waals surface area contributed by atoms with E-state index in [1.165, 1.54) is 25.1 Å². The molecule has 0 saturated carbocycles. The van der Waals surface area contributed by atoms with Crippen molar-refractivity contribution < 1.29 is 13.9 Å². The number of hydrogen-bond donors (Lipinski definition) is 1. The van der Waals surface area contributed by atoms with Gasteiger partial charge in [-0.3, -0.25) is 4.98 Å². The summed E-state index contributed by atoms with van der Waals surface area (Å²) in [5, 5.41) is 10.6. The fraction of sp³-hybridized carbons (Fsp3) is 0.267. The Hall–Kier alpha value is -1.81. The molecular weight excluding hydrogens is 248 g/mol. The van der Waals surface area contributed by atoms with Gasteiger partial charge < -0.3 is 5.11 Å². The predicted molar refractivity (Wildman–Crippen MR) is 68.7 cm³/mol. The van der Waals surface area contributed by atoms with Crippen LogP contribution < -0.4 is 0 Å². The number of hydrogen-bond acceptors (Lipinski definition) is 2. The van der Waals surface area contributed by atoms with Crippen LogP contribution in [0.4, 0.5) is 8.78 Å². The molecule has 0 bridgehead atoms. The Morgan fingerprint density at radius 1 is 1.16 bits per heavy atom. The van der Waals surface area contributed by atoms with Gasteiger partial charge in [0.15, 0.2) is 0 Å². The van der Waals surface area contributed by atoms with Gasteiger partial charge in [-0.15, -0.1) is 0 Å². The molecule has 1 heterocycles. The number of aliphatic hydroxyl groups is 1. The van der Waals surface area contributed by atoms with E-state index in [9.17, 15) is 13.9 Å². The first-order valence-electron chi connectivity index (χ1n) is 5.94. The summed E-state index contributed by atoms with van der Waals surface area (Å²) in [6, 6.07) is 5.70. The Kier molecular flexibility index (Phi) is 3.37. The smallest absolute Gasteiger partial charge is 0.141 e. The fourth-order valence-electron chi connectivity index (χ4n) is 2.32. The SMILES string of the molecule is Cc1cc(C)c(C(C)(O)c2ccc(F)cn2)c(F)c1. The van der Waals surface area contributed by atoms with Crippen molar-refractivity contribution in [2.45, 2.75) is 26.4 Å². The van der Waals surface area contributed by atoms with Crippen LogP contribution in [-0.4, -0.2) is 10.1 Å². The van der Waals surface area contributed by atoms with Gasteiger partial charge in [-0.05, 0) is 50.1 Å². The summed E-state index contributed by atoms with van der Waals surface area (Å²) in [4.78, 5) is 3.84. The van der Waals surface area contributed by atoms with Crippen LogP contribution >= 0.6 is 0 Å². The molecule has 0 aliphatic rings. The molecule has 1 atom stereocenters. The normalized spacial score (nSPS) is 14.2. The van der Waals surface area contributed by atoms with E-state index in [4.69, 9.17) is 0 Å². The molecule has 2 rings (SSSR count). The molecule has 2 aromatic rings. The van der Waals surface area contributed by atoms with Crippen molar-refractivity contribution in [1.82, 2.24) is 4.98 Å². The summed E-state index contributed by atoms with van der Waals surface area (Å²) in [6.07, 6.45) is 1.01. The molecule has 0 aliphatic heterocycles. The van der Waals surface area contributed by atoms with Gasteiger partial charge in [0.05, 0.1) is 11.9 Å². The lowest BCUT2D eigenvalue weighted by atomic mass is 9.87. The molecule has 2 nitrogen and oxygen atoms in total. The molecule has 1 aromatic carbocycles. The van der Waals surface area contributed by atoms with Gasteiger partial charge in [0.25, 0.3) is 0 Å². The quantitative estimate of drug-likeness (QED) is 0.902.